The molecular formula is C12H8ClFN2O3. The molecule has 0 fully saturated rings. The summed E-state index contributed by atoms with van der Waals surface area (Å²) in [6.45, 7) is 0. The number of carboxylic acids is 1. The molecule has 7 heteroatoms. The number of nitrogens with one attached hydrogen (secondary N) is 1. The molecule has 0 bridgehead atoms. The standard InChI is InChI=1S/C12H8ClFN2O3/c13-7-2-1-3-8(14)11(7)12-15-6(5-10(18)19)4-9(17)16-12/h1-4H,5H2,(H,18,19)(H,15,16,17). The molecule has 5 nitrogen and oxygen atoms in total. The van der Waals surface area contributed by atoms with Crippen LogP contribution in [0.2, 0.25) is 5.02 Å². The SMILES string of the molecule is O=C(O)Cc1cc(=O)[nH]c(-c2c(F)cccc2Cl)n1. The Morgan fingerprint density at radius 1 is 1.47 bits per heavy atom. The van der Waals surface area contributed by atoms with Crippen molar-refractivity contribution in [3.63, 3.8) is 0 Å². The molecule has 0 atom stereocenters. The van der Waals surface area contributed by atoms with E-state index in [-0.39, 0.29) is 22.1 Å². The maximum Gasteiger partial charge on any atom is 0.309 e. The molecule has 0 aliphatic rings. The second-order valence-corrected chi connectivity index (χ2v) is 4.16. The van der Waals surface area contributed by atoms with Gasteiger partial charge in [0.15, 0.2) is 0 Å². The number of aliphatic carboxylic acids is 1. The molecule has 0 spiro atoms. The summed E-state index contributed by atoms with van der Waals surface area (Å²) in [7, 11) is 0. The number of hydrogen-bond donors (Lipinski definition) is 2. The predicted molar refractivity (Wildman–Crippen MR) is 66.6 cm³/mol. The molecule has 1 aromatic heterocycles. The van der Waals surface area contributed by atoms with Crippen molar-refractivity contribution < 1.29 is 14.3 Å². The van der Waals surface area contributed by atoms with E-state index in [1.807, 2.05) is 0 Å². The molecule has 2 N–H and O–H groups in total. The van der Waals surface area contributed by atoms with Crippen LogP contribution in [0.3, 0.4) is 0 Å². The molecule has 1 aromatic carbocycles. The van der Waals surface area contributed by atoms with Crippen molar-refractivity contribution in [3.8, 4) is 11.4 Å². The Balaban J connectivity index is 2.59. The van der Waals surface area contributed by atoms with Crippen LogP contribution in [-0.2, 0) is 11.2 Å². The lowest BCUT2D eigenvalue weighted by Crippen LogP contribution is -2.13. The summed E-state index contributed by atoms with van der Waals surface area (Å²) in [5, 5.41) is 8.76. The molecule has 0 radical (unpaired) electrons. The molecule has 0 saturated carbocycles. The number of carbonyl (C=O) groups is 1. The van der Waals surface area contributed by atoms with Crippen molar-refractivity contribution in [2.45, 2.75) is 6.42 Å². The Labute approximate surface area is 111 Å². The minimum absolute atomic E-state index is 0.0329. The minimum Gasteiger partial charge on any atom is -0.481 e. The van der Waals surface area contributed by atoms with Crippen LogP contribution >= 0.6 is 11.6 Å². The van der Waals surface area contributed by atoms with E-state index >= 15 is 0 Å². The molecule has 2 rings (SSSR count). The Morgan fingerprint density at radius 2 is 2.21 bits per heavy atom. The van der Waals surface area contributed by atoms with Gasteiger partial charge in [0.2, 0.25) is 0 Å². The molecule has 2 aromatic rings. The van der Waals surface area contributed by atoms with Gasteiger partial charge in [-0.25, -0.2) is 9.37 Å². The Kier molecular flexibility index (Phi) is 3.62. The van der Waals surface area contributed by atoms with Gasteiger partial charge in [-0.05, 0) is 12.1 Å². The first-order valence-electron chi connectivity index (χ1n) is 5.24. The van der Waals surface area contributed by atoms with Crippen LogP contribution in [-0.4, -0.2) is 21.0 Å². The monoisotopic (exact) mass is 282 g/mol. The highest BCUT2D eigenvalue weighted by atomic mass is 35.5. The molecule has 0 amide bonds. The van der Waals surface area contributed by atoms with Gasteiger partial charge in [0.25, 0.3) is 5.56 Å². The predicted octanol–water partition coefficient (Wildman–Crippen LogP) is 1.86. The van der Waals surface area contributed by atoms with Gasteiger partial charge in [-0.15, -0.1) is 0 Å². The van der Waals surface area contributed by atoms with Crippen molar-refractivity contribution in [2.24, 2.45) is 0 Å². The molecule has 19 heavy (non-hydrogen) atoms. The number of hydrogen-bond acceptors (Lipinski definition) is 3. The van der Waals surface area contributed by atoms with Crippen LogP contribution in [0.25, 0.3) is 11.4 Å². The lowest BCUT2D eigenvalue weighted by molar-refractivity contribution is -0.136. The van der Waals surface area contributed by atoms with Gasteiger partial charge in [-0.2, -0.15) is 0 Å². The number of carboxylic acid groups (broad SMARTS) is 1. The lowest BCUT2D eigenvalue weighted by Gasteiger charge is -2.06. The van der Waals surface area contributed by atoms with Crippen molar-refractivity contribution in [1.82, 2.24) is 9.97 Å². The van der Waals surface area contributed by atoms with Crippen LogP contribution < -0.4 is 5.56 Å². The number of rotatable bonds is 3. The van der Waals surface area contributed by atoms with E-state index in [1.54, 1.807) is 0 Å². The minimum atomic E-state index is -1.14. The third kappa shape index (κ3) is 2.97. The Morgan fingerprint density at radius 3 is 2.84 bits per heavy atom. The average Bonchev–Trinajstić information content (AvgIpc) is 2.26. The van der Waals surface area contributed by atoms with Gasteiger partial charge in [0.1, 0.15) is 11.6 Å². The summed E-state index contributed by atoms with van der Waals surface area (Å²) in [4.78, 5) is 28.3. The quantitative estimate of drug-likeness (QED) is 0.900. The second kappa shape index (κ2) is 5.19. The largest absolute Gasteiger partial charge is 0.481 e. The lowest BCUT2D eigenvalue weighted by atomic mass is 10.2. The van der Waals surface area contributed by atoms with Crippen LogP contribution in [0.5, 0.6) is 0 Å². The van der Waals surface area contributed by atoms with Gasteiger partial charge in [0, 0.05) is 6.07 Å². The topological polar surface area (TPSA) is 83.0 Å². The van der Waals surface area contributed by atoms with E-state index in [1.165, 1.54) is 18.2 Å². The number of aromatic nitrogens is 2. The number of aromatic amines is 1. The maximum absolute atomic E-state index is 13.7. The van der Waals surface area contributed by atoms with Gasteiger partial charge in [0.05, 0.1) is 22.7 Å². The Bertz CT molecular complexity index is 679. The molecule has 1 heterocycles. The van der Waals surface area contributed by atoms with Crippen LogP contribution in [0.1, 0.15) is 5.69 Å². The fourth-order valence-electron chi connectivity index (χ4n) is 1.60. The molecular weight excluding hydrogens is 275 g/mol. The van der Waals surface area contributed by atoms with E-state index in [0.29, 0.717) is 0 Å². The van der Waals surface area contributed by atoms with Crippen LogP contribution in [0.15, 0.2) is 29.1 Å². The summed E-state index contributed by atoms with van der Waals surface area (Å²) in [5.41, 5.74) is -0.598. The van der Waals surface area contributed by atoms with Crippen molar-refractivity contribution in [1.29, 1.82) is 0 Å². The third-order valence-electron chi connectivity index (χ3n) is 2.33. The van der Waals surface area contributed by atoms with E-state index in [2.05, 4.69) is 9.97 Å². The van der Waals surface area contributed by atoms with E-state index in [0.717, 1.165) is 6.07 Å². The zero-order valence-electron chi connectivity index (χ0n) is 9.48. The van der Waals surface area contributed by atoms with Crippen molar-refractivity contribution in [3.05, 3.63) is 51.2 Å². The highest BCUT2D eigenvalue weighted by Crippen LogP contribution is 2.27. The Hall–Kier alpha value is -2.21. The highest BCUT2D eigenvalue weighted by molar-refractivity contribution is 6.33. The van der Waals surface area contributed by atoms with Gasteiger partial charge in [-0.1, -0.05) is 17.7 Å². The van der Waals surface area contributed by atoms with E-state index in [9.17, 15) is 14.0 Å². The van der Waals surface area contributed by atoms with Crippen molar-refractivity contribution >= 4 is 17.6 Å². The van der Waals surface area contributed by atoms with Gasteiger partial charge < -0.3 is 10.1 Å². The fraction of sp³-hybridized carbons (Fsp3) is 0.0833. The van der Waals surface area contributed by atoms with Crippen molar-refractivity contribution in [2.75, 3.05) is 0 Å². The first-order chi connectivity index (χ1) is 8.97. The third-order valence-corrected chi connectivity index (χ3v) is 2.64. The first-order valence-corrected chi connectivity index (χ1v) is 5.61. The number of halogens is 2. The smallest absolute Gasteiger partial charge is 0.309 e. The van der Waals surface area contributed by atoms with E-state index < -0.39 is 23.8 Å². The van der Waals surface area contributed by atoms with Gasteiger partial charge in [-0.3, -0.25) is 9.59 Å². The zero-order valence-corrected chi connectivity index (χ0v) is 10.2. The van der Waals surface area contributed by atoms with E-state index in [4.69, 9.17) is 16.7 Å². The van der Waals surface area contributed by atoms with Crippen LogP contribution in [0.4, 0.5) is 4.39 Å². The number of H-pyrrole nitrogens is 1. The second-order valence-electron chi connectivity index (χ2n) is 3.75. The zero-order chi connectivity index (χ0) is 14.0. The molecule has 0 aliphatic carbocycles. The summed E-state index contributed by atoms with van der Waals surface area (Å²) < 4.78 is 13.7. The molecule has 98 valence electrons. The number of benzene rings is 1. The molecule has 0 unspecified atom stereocenters. The normalized spacial score (nSPS) is 10.4. The first kappa shape index (κ1) is 13.2. The van der Waals surface area contributed by atoms with Gasteiger partial charge >= 0.3 is 5.97 Å². The summed E-state index contributed by atoms with van der Waals surface area (Å²) >= 11 is 5.86. The summed E-state index contributed by atoms with van der Waals surface area (Å²) in [6, 6.07) is 5.08. The summed E-state index contributed by atoms with van der Waals surface area (Å²) in [6.07, 6.45) is -0.428. The molecule has 0 saturated heterocycles. The summed E-state index contributed by atoms with van der Waals surface area (Å²) in [5.74, 6) is -1.88. The fourth-order valence-corrected chi connectivity index (χ4v) is 1.85. The highest BCUT2D eigenvalue weighted by Gasteiger charge is 2.14. The van der Waals surface area contributed by atoms with Crippen LogP contribution in [0, 0.1) is 5.82 Å². The molecule has 0 aliphatic heterocycles. The average molecular weight is 283 g/mol. The number of nitrogens with zero attached hydrogens (tertiary/aromatic N) is 1. The maximum atomic E-state index is 13.7.